The van der Waals surface area contributed by atoms with Crippen molar-refractivity contribution in [3.8, 4) is 5.75 Å². The van der Waals surface area contributed by atoms with Gasteiger partial charge in [0.15, 0.2) is 5.69 Å². The maximum absolute atomic E-state index is 12.9. The standard InChI is InChI=1S/C17H21FN4O3/c1-22(2)9-3-8-19-16(24)14-15(23)17(25)21-13(20-14)10-11-4-6-12(18)7-5-11/h4-7,23H,3,8-10H2,1-2H3,(H,19,24)(H,20,21,25). The first kappa shape index (κ1) is 18.6. The molecule has 0 atom stereocenters. The molecule has 134 valence electrons. The smallest absolute Gasteiger partial charge is 0.293 e. The van der Waals surface area contributed by atoms with Gasteiger partial charge in [-0.3, -0.25) is 9.59 Å². The highest BCUT2D eigenvalue weighted by atomic mass is 19.1. The van der Waals surface area contributed by atoms with Crippen molar-refractivity contribution in [1.29, 1.82) is 0 Å². The molecule has 0 unspecified atom stereocenters. The number of rotatable bonds is 7. The van der Waals surface area contributed by atoms with Crippen LogP contribution in [0.3, 0.4) is 0 Å². The highest BCUT2D eigenvalue weighted by Crippen LogP contribution is 2.11. The van der Waals surface area contributed by atoms with Crippen LogP contribution in [0.5, 0.6) is 5.75 Å². The quantitative estimate of drug-likeness (QED) is 0.646. The van der Waals surface area contributed by atoms with Gasteiger partial charge < -0.3 is 20.3 Å². The number of carbonyl (C=O) groups excluding carboxylic acids is 1. The van der Waals surface area contributed by atoms with Gasteiger partial charge in [0.25, 0.3) is 11.5 Å². The number of nitrogens with zero attached hydrogens (tertiary/aromatic N) is 2. The molecule has 1 aromatic carbocycles. The second kappa shape index (κ2) is 8.39. The molecule has 1 amide bonds. The number of carbonyl (C=O) groups is 1. The molecular weight excluding hydrogens is 327 g/mol. The predicted molar refractivity (Wildman–Crippen MR) is 91.2 cm³/mol. The van der Waals surface area contributed by atoms with Gasteiger partial charge in [-0.25, -0.2) is 9.37 Å². The van der Waals surface area contributed by atoms with Crippen LogP contribution in [0.25, 0.3) is 0 Å². The summed E-state index contributed by atoms with van der Waals surface area (Å²) in [5, 5.41) is 12.4. The van der Waals surface area contributed by atoms with Crippen LogP contribution in [-0.4, -0.2) is 53.1 Å². The van der Waals surface area contributed by atoms with Crippen LogP contribution in [0.1, 0.15) is 28.3 Å². The molecule has 8 heteroatoms. The average molecular weight is 348 g/mol. The molecular formula is C17H21FN4O3. The van der Waals surface area contributed by atoms with E-state index in [9.17, 15) is 19.1 Å². The molecule has 0 fully saturated rings. The second-order valence-corrected chi connectivity index (χ2v) is 5.93. The van der Waals surface area contributed by atoms with Gasteiger partial charge in [-0.2, -0.15) is 0 Å². The van der Waals surface area contributed by atoms with E-state index in [4.69, 9.17) is 0 Å². The molecule has 0 aliphatic heterocycles. The van der Waals surface area contributed by atoms with Gasteiger partial charge in [-0.05, 0) is 44.8 Å². The van der Waals surface area contributed by atoms with Gasteiger partial charge in [-0.15, -0.1) is 0 Å². The third-order valence-corrected chi connectivity index (χ3v) is 3.51. The highest BCUT2D eigenvalue weighted by Gasteiger charge is 2.17. The number of benzene rings is 1. The monoisotopic (exact) mass is 348 g/mol. The molecule has 7 nitrogen and oxygen atoms in total. The predicted octanol–water partition coefficient (Wildman–Crippen LogP) is 0.887. The molecule has 25 heavy (non-hydrogen) atoms. The zero-order valence-electron chi connectivity index (χ0n) is 14.2. The summed E-state index contributed by atoms with van der Waals surface area (Å²) in [5.41, 5.74) is -0.385. The Bertz CT molecular complexity index is 787. The lowest BCUT2D eigenvalue weighted by atomic mass is 10.1. The van der Waals surface area contributed by atoms with Crippen molar-refractivity contribution >= 4 is 5.91 Å². The van der Waals surface area contributed by atoms with Crippen LogP contribution >= 0.6 is 0 Å². The van der Waals surface area contributed by atoms with Crippen molar-refractivity contribution in [3.05, 3.63) is 57.5 Å². The molecule has 0 saturated heterocycles. The lowest BCUT2D eigenvalue weighted by Gasteiger charge is -2.10. The highest BCUT2D eigenvalue weighted by molar-refractivity contribution is 5.94. The van der Waals surface area contributed by atoms with E-state index in [1.807, 2.05) is 19.0 Å². The molecule has 2 rings (SSSR count). The number of aromatic amines is 1. The van der Waals surface area contributed by atoms with Crippen LogP contribution < -0.4 is 10.9 Å². The van der Waals surface area contributed by atoms with Crippen LogP contribution in [0, 0.1) is 5.82 Å². The Hall–Kier alpha value is -2.74. The van der Waals surface area contributed by atoms with Crippen molar-refractivity contribution in [2.75, 3.05) is 27.2 Å². The Morgan fingerprint density at radius 1 is 1.32 bits per heavy atom. The minimum atomic E-state index is -0.787. The topological polar surface area (TPSA) is 98.3 Å². The molecule has 1 heterocycles. The summed E-state index contributed by atoms with van der Waals surface area (Å²) < 4.78 is 12.9. The summed E-state index contributed by atoms with van der Waals surface area (Å²) in [7, 11) is 3.85. The first-order valence-corrected chi connectivity index (χ1v) is 7.86. The van der Waals surface area contributed by atoms with Crippen molar-refractivity contribution in [3.63, 3.8) is 0 Å². The van der Waals surface area contributed by atoms with Crippen LogP contribution in [0.2, 0.25) is 0 Å². The molecule has 1 aromatic heterocycles. The molecule has 0 aliphatic carbocycles. The summed E-state index contributed by atoms with van der Waals surface area (Å²) in [6, 6.07) is 5.71. The van der Waals surface area contributed by atoms with Crippen LogP contribution in [0.4, 0.5) is 4.39 Å². The van der Waals surface area contributed by atoms with Crippen molar-refractivity contribution in [1.82, 2.24) is 20.2 Å². The Morgan fingerprint density at radius 2 is 2.00 bits per heavy atom. The summed E-state index contributed by atoms with van der Waals surface area (Å²) in [6.07, 6.45) is 0.932. The molecule has 0 saturated carbocycles. The van der Waals surface area contributed by atoms with Gasteiger partial charge in [0.1, 0.15) is 11.6 Å². The Morgan fingerprint density at radius 3 is 2.64 bits per heavy atom. The van der Waals surface area contributed by atoms with E-state index in [1.165, 1.54) is 12.1 Å². The van der Waals surface area contributed by atoms with E-state index in [-0.39, 0.29) is 23.8 Å². The van der Waals surface area contributed by atoms with Crippen LogP contribution in [-0.2, 0) is 6.42 Å². The summed E-state index contributed by atoms with van der Waals surface area (Å²) in [5.74, 6) is -1.47. The van der Waals surface area contributed by atoms with Gasteiger partial charge in [0.05, 0.1) is 0 Å². The van der Waals surface area contributed by atoms with E-state index in [0.717, 1.165) is 13.0 Å². The SMILES string of the molecule is CN(C)CCCNC(=O)c1nc(Cc2ccc(F)cc2)[nH]c(=O)c1O. The first-order valence-electron chi connectivity index (χ1n) is 7.86. The third-order valence-electron chi connectivity index (χ3n) is 3.51. The Labute approximate surface area is 144 Å². The minimum absolute atomic E-state index is 0.205. The number of hydrogen-bond donors (Lipinski definition) is 3. The zero-order chi connectivity index (χ0) is 18.4. The largest absolute Gasteiger partial charge is 0.501 e. The number of aromatic hydroxyl groups is 1. The summed E-state index contributed by atoms with van der Waals surface area (Å²) in [4.78, 5) is 32.4. The normalized spacial score (nSPS) is 10.9. The molecule has 3 N–H and O–H groups in total. The number of halogens is 1. The maximum Gasteiger partial charge on any atom is 0.293 e. The second-order valence-electron chi connectivity index (χ2n) is 5.93. The maximum atomic E-state index is 12.9. The van der Waals surface area contributed by atoms with E-state index < -0.39 is 17.2 Å². The average Bonchev–Trinajstić information content (AvgIpc) is 2.56. The Kier molecular flexibility index (Phi) is 6.24. The molecule has 0 spiro atoms. The number of hydrogen-bond acceptors (Lipinski definition) is 5. The fraction of sp³-hybridized carbons (Fsp3) is 0.353. The van der Waals surface area contributed by atoms with Gasteiger partial charge in [-0.1, -0.05) is 12.1 Å². The number of amides is 1. The Balaban J connectivity index is 2.12. The van der Waals surface area contributed by atoms with Gasteiger partial charge in [0, 0.05) is 13.0 Å². The summed E-state index contributed by atoms with van der Waals surface area (Å²) >= 11 is 0. The fourth-order valence-corrected chi connectivity index (χ4v) is 2.23. The van der Waals surface area contributed by atoms with Crippen molar-refractivity contribution < 1.29 is 14.3 Å². The number of nitrogens with one attached hydrogen (secondary N) is 2. The van der Waals surface area contributed by atoms with E-state index >= 15 is 0 Å². The number of H-pyrrole nitrogens is 1. The zero-order valence-corrected chi connectivity index (χ0v) is 14.2. The van der Waals surface area contributed by atoms with E-state index in [0.29, 0.717) is 12.1 Å². The van der Waals surface area contributed by atoms with Crippen molar-refractivity contribution in [2.45, 2.75) is 12.8 Å². The van der Waals surface area contributed by atoms with Crippen LogP contribution in [0.15, 0.2) is 29.1 Å². The van der Waals surface area contributed by atoms with Crippen molar-refractivity contribution in [2.24, 2.45) is 0 Å². The van der Waals surface area contributed by atoms with E-state index in [1.54, 1.807) is 12.1 Å². The first-order chi connectivity index (χ1) is 11.9. The lowest BCUT2D eigenvalue weighted by Crippen LogP contribution is -2.29. The summed E-state index contributed by atoms with van der Waals surface area (Å²) in [6.45, 7) is 1.20. The lowest BCUT2D eigenvalue weighted by molar-refractivity contribution is 0.0943. The third kappa shape index (κ3) is 5.39. The molecule has 0 radical (unpaired) electrons. The molecule has 2 aromatic rings. The fourth-order valence-electron chi connectivity index (χ4n) is 2.23. The van der Waals surface area contributed by atoms with Gasteiger partial charge in [0.2, 0.25) is 5.75 Å². The molecule has 0 aliphatic rings. The van der Waals surface area contributed by atoms with Gasteiger partial charge >= 0.3 is 0 Å². The molecule has 0 bridgehead atoms. The number of aromatic nitrogens is 2. The van der Waals surface area contributed by atoms with E-state index in [2.05, 4.69) is 15.3 Å². The minimum Gasteiger partial charge on any atom is -0.501 e.